The van der Waals surface area contributed by atoms with Crippen LogP contribution in [0.2, 0.25) is 0 Å². The van der Waals surface area contributed by atoms with Crippen LogP contribution in [0.1, 0.15) is 24.6 Å². The van der Waals surface area contributed by atoms with Crippen molar-refractivity contribution in [2.75, 3.05) is 13.3 Å². The van der Waals surface area contributed by atoms with Crippen LogP contribution < -0.4 is 11.2 Å². The van der Waals surface area contributed by atoms with Crippen molar-refractivity contribution in [1.82, 2.24) is 9.55 Å². The molecule has 1 fully saturated rings. The minimum Gasteiger partial charge on any atom is -0.352 e. The number of H-pyrrole nitrogens is 1. The molecule has 2 rings (SSSR count). The third-order valence-corrected chi connectivity index (χ3v) is 3.51. The summed E-state index contributed by atoms with van der Waals surface area (Å²) >= 11 is 0. The lowest BCUT2D eigenvalue weighted by Crippen LogP contribution is -2.33. The highest BCUT2D eigenvalue weighted by atomic mass is 31.2. The molecule has 1 unspecified atom stereocenters. The number of ether oxygens (including phenoxy) is 1. The van der Waals surface area contributed by atoms with E-state index in [0.717, 1.165) is 6.42 Å². The molecule has 2 N–H and O–H groups in total. The van der Waals surface area contributed by atoms with Gasteiger partial charge in [0.05, 0.1) is 12.7 Å². The highest BCUT2D eigenvalue weighted by Crippen LogP contribution is 2.31. The van der Waals surface area contributed by atoms with Gasteiger partial charge in [-0.05, 0) is 19.8 Å². The Kier molecular flexibility index (Phi) is 4.52. The van der Waals surface area contributed by atoms with Gasteiger partial charge in [-0.1, -0.05) is 0 Å². The molecule has 0 amide bonds. The van der Waals surface area contributed by atoms with E-state index in [1.165, 1.54) is 10.8 Å². The number of aromatic nitrogens is 2. The molecule has 0 spiro atoms. The summed E-state index contributed by atoms with van der Waals surface area (Å²) in [7, 11) is -1.40. The molecule has 0 saturated carbocycles. The summed E-state index contributed by atoms with van der Waals surface area (Å²) in [4.78, 5) is 34.4. The Labute approximate surface area is 111 Å². The maximum absolute atomic E-state index is 11.7. The predicted octanol–water partition coefficient (Wildman–Crippen LogP) is 0.473. The monoisotopic (exact) mass is 288 g/mol. The number of aryl methyl sites for hydroxylation is 1. The molecule has 1 aromatic heterocycles. The lowest BCUT2D eigenvalue weighted by molar-refractivity contribution is -0.0196. The van der Waals surface area contributed by atoms with Gasteiger partial charge in [-0.25, -0.2) is 4.79 Å². The molecule has 106 valence electrons. The molecule has 1 aliphatic rings. The minimum atomic E-state index is -1.40. The topological polar surface area (TPSA) is 93.6 Å². The second-order valence-corrected chi connectivity index (χ2v) is 5.72. The molecule has 3 atom stereocenters. The van der Waals surface area contributed by atoms with Gasteiger partial charge in [-0.3, -0.25) is 14.3 Å². The fourth-order valence-corrected chi connectivity index (χ4v) is 2.39. The summed E-state index contributed by atoms with van der Waals surface area (Å²) in [6.45, 7) is 3.55. The van der Waals surface area contributed by atoms with Crippen LogP contribution in [-0.4, -0.2) is 33.8 Å². The molecule has 1 aliphatic heterocycles. The third-order valence-electron chi connectivity index (χ3n) is 2.99. The van der Waals surface area contributed by atoms with E-state index in [4.69, 9.17) is 14.2 Å². The largest absolute Gasteiger partial charge is 0.352 e. The highest BCUT2D eigenvalue weighted by molar-refractivity contribution is 7.45. The fraction of sp³-hybridized carbons (Fsp3) is 0.636. The van der Waals surface area contributed by atoms with Gasteiger partial charge in [0.15, 0.2) is 8.38 Å². The van der Waals surface area contributed by atoms with E-state index in [1.54, 1.807) is 13.6 Å². The van der Waals surface area contributed by atoms with Crippen molar-refractivity contribution in [3.8, 4) is 0 Å². The molecule has 8 heteroatoms. The number of nitrogens with one attached hydrogen (secondary N) is 1. The van der Waals surface area contributed by atoms with Gasteiger partial charge in [-0.15, -0.1) is 0 Å². The average Bonchev–Trinajstić information content (AvgIpc) is 2.80. The predicted molar refractivity (Wildman–Crippen MR) is 70.2 cm³/mol. The Morgan fingerprint density at radius 3 is 3.00 bits per heavy atom. The van der Waals surface area contributed by atoms with Crippen LogP contribution in [0, 0.1) is 6.92 Å². The van der Waals surface area contributed by atoms with Gasteiger partial charge >= 0.3 is 5.69 Å². The summed E-state index contributed by atoms with van der Waals surface area (Å²) in [5, 5.41) is 0. The molecular weight excluding hydrogens is 271 g/mol. The zero-order valence-corrected chi connectivity index (χ0v) is 11.7. The van der Waals surface area contributed by atoms with E-state index in [-0.39, 0.29) is 11.7 Å². The van der Waals surface area contributed by atoms with Gasteiger partial charge in [0, 0.05) is 18.4 Å². The lowest BCUT2D eigenvalue weighted by Gasteiger charge is -2.16. The maximum atomic E-state index is 11.7. The van der Waals surface area contributed by atoms with Crippen molar-refractivity contribution in [2.45, 2.75) is 32.1 Å². The number of rotatable bonds is 4. The molecule has 0 radical (unpaired) electrons. The smallest absolute Gasteiger partial charge is 0.330 e. The first-order valence-electron chi connectivity index (χ1n) is 6.00. The van der Waals surface area contributed by atoms with Crippen molar-refractivity contribution in [3.63, 3.8) is 0 Å². The Bertz CT molecular complexity index is 553. The van der Waals surface area contributed by atoms with Crippen LogP contribution in [0.4, 0.5) is 0 Å². The Morgan fingerprint density at radius 1 is 1.58 bits per heavy atom. The molecule has 1 aromatic rings. The van der Waals surface area contributed by atoms with E-state index in [9.17, 15) is 9.59 Å². The van der Waals surface area contributed by atoms with E-state index in [1.807, 2.05) is 0 Å². The second-order valence-electron chi connectivity index (χ2n) is 4.53. The van der Waals surface area contributed by atoms with Crippen LogP contribution in [0.3, 0.4) is 0 Å². The average molecular weight is 288 g/mol. The van der Waals surface area contributed by atoms with Gasteiger partial charge in [0.25, 0.3) is 5.56 Å². The number of hydrogen-bond acceptors (Lipinski definition) is 5. The number of nitrogens with zero attached hydrogens (tertiary/aromatic N) is 1. The Morgan fingerprint density at radius 2 is 2.32 bits per heavy atom. The van der Waals surface area contributed by atoms with E-state index in [2.05, 4.69) is 4.98 Å². The summed E-state index contributed by atoms with van der Waals surface area (Å²) in [5.41, 5.74) is -0.381. The number of hydrogen-bond donors (Lipinski definition) is 2. The standard InChI is InChI=1S/C11H17N2O5P/c1-7-5-13(11(15)12-10(7)14)9-4-3-8(18-9)6-17-19(2)16/h5,8-9,16H,3-4,6H2,1-2H3,(H,12,14,15)/t8-,9+,19?/m0/s1. The fourth-order valence-electron chi connectivity index (χ4n) is 2.01. The molecule has 1 saturated heterocycles. The quantitative estimate of drug-likeness (QED) is 0.786. The van der Waals surface area contributed by atoms with Crippen molar-refractivity contribution >= 4 is 8.38 Å². The SMILES string of the molecule is Cc1cn([C@H]2CC[C@@H](COP(C)O)O2)c(=O)[nH]c1=O. The van der Waals surface area contributed by atoms with Crippen LogP contribution in [0.5, 0.6) is 0 Å². The van der Waals surface area contributed by atoms with Gasteiger partial charge in [0.2, 0.25) is 0 Å². The van der Waals surface area contributed by atoms with E-state index < -0.39 is 20.3 Å². The van der Waals surface area contributed by atoms with Crippen molar-refractivity contribution in [2.24, 2.45) is 0 Å². The van der Waals surface area contributed by atoms with Crippen LogP contribution in [0.15, 0.2) is 15.8 Å². The first-order valence-corrected chi connectivity index (χ1v) is 7.66. The molecule has 19 heavy (non-hydrogen) atoms. The molecule has 7 nitrogen and oxygen atoms in total. The molecule has 2 heterocycles. The Balaban J connectivity index is 2.07. The number of aromatic amines is 1. The Hall–Kier alpha value is -1.01. The molecule has 0 aromatic carbocycles. The normalized spacial score (nSPS) is 24.6. The van der Waals surface area contributed by atoms with Gasteiger partial charge in [0.1, 0.15) is 6.23 Å². The summed E-state index contributed by atoms with van der Waals surface area (Å²) in [6.07, 6.45) is 2.40. The molecular formula is C11H17N2O5P. The second kappa shape index (κ2) is 5.96. The summed E-state index contributed by atoms with van der Waals surface area (Å²) in [5.74, 6) is 0. The maximum Gasteiger partial charge on any atom is 0.330 e. The zero-order valence-electron chi connectivity index (χ0n) is 10.8. The lowest BCUT2D eigenvalue weighted by atomic mass is 10.2. The first kappa shape index (κ1) is 14.4. The molecule has 0 aliphatic carbocycles. The minimum absolute atomic E-state index is 0.138. The first-order chi connectivity index (χ1) is 8.97. The zero-order chi connectivity index (χ0) is 14.0. The third kappa shape index (κ3) is 3.51. The van der Waals surface area contributed by atoms with Crippen molar-refractivity contribution in [3.05, 3.63) is 32.6 Å². The van der Waals surface area contributed by atoms with Crippen LogP contribution in [0.25, 0.3) is 0 Å². The highest BCUT2D eigenvalue weighted by Gasteiger charge is 2.28. The van der Waals surface area contributed by atoms with Crippen LogP contribution in [-0.2, 0) is 9.26 Å². The van der Waals surface area contributed by atoms with Crippen molar-refractivity contribution < 1.29 is 14.2 Å². The van der Waals surface area contributed by atoms with Gasteiger partial charge < -0.3 is 14.2 Å². The van der Waals surface area contributed by atoms with Gasteiger partial charge in [-0.2, -0.15) is 0 Å². The van der Waals surface area contributed by atoms with Crippen molar-refractivity contribution in [1.29, 1.82) is 0 Å². The van der Waals surface area contributed by atoms with Crippen LogP contribution >= 0.6 is 8.38 Å². The van der Waals surface area contributed by atoms with E-state index >= 15 is 0 Å². The molecule has 0 bridgehead atoms. The summed E-state index contributed by atoms with van der Waals surface area (Å²) in [6, 6.07) is 0. The summed E-state index contributed by atoms with van der Waals surface area (Å²) < 4.78 is 12.2. The van der Waals surface area contributed by atoms with E-state index in [0.29, 0.717) is 18.6 Å².